The maximum atomic E-state index is 11.6. The average molecular weight is 248 g/mol. The maximum Gasteiger partial charge on any atom is 0.218 e. The van der Waals surface area contributed by atoms with E-state index in [1.54, 1.807) is 0 Å². The molecule has 3 N–H and O–H groups in total. The number of thiocarbonyl (C=S) groups is 1. The summed E-state index contributed by atoms with van der Waals surface area (Å²) in [6, 6.07) is 0.128. The Hall–Kier alpha value is -0.200. The van der Waals surface area contributed by atoms with Crippen molar-refractivity contribution in [3.8, 4) is 0 Å². The van der Waals surface area contributed by atoms with E-state index in [0.29, 0.717) is 5.92 Å². The lowest BCUT2D eigenvalue weighted by atomic mass is 9.96. The monoisotopic (exact) mass is 248 g/mol. The molecule has 15 heavy (non-hydrogen) atoms. The fourth-order valence-corrected chi connectivity index (χ4v) is 4.52. The van der Waals surface area contributed by atoms with Crippen molar-refractivity contribution in [2.45, 2.75) is 31.7 Å². The van der Waals surface area contributed by atoms with Crippen molar-refractivity contribution in [1.29, 1.82) is 0 Å². The minimum absolute atomic E-state index is 0.0330. The van der Waals surface area contributed by atoms with Crippen LogP contribution in [-0.2, 0) is 10.0 Å². The molecule has 2 aliphatic carbocycles. The van der Waals surface area contributed by atoms with Gasteiger partial charge in [0.1, 0.15) is 5.75 Å². The third kappa shape index (κ3) is 2.68. The molecule has 0 aromatic rings. The standard InChI is InChI=1S/C9H16N2O2S2/c10-9(14)5-15(12,13)11-8-4-6-1-2-7(8)3-6/h6-8,11H,1-5H2,(H2,10,14). The topological polar surface area (TPSA) is 72.2 Å². The molecule has 2 fully saturated rings. The Balaban J connectivity index is 1.95. The molecule has 0 aromatic heterocycles. The second-order valence-electron chi connectivity index (χ2n) is 4.62. The van der Waals surface area contributed by atoms with Crippen LogP contribution in [0.4, 0.5) is 0 Å². The molecule has 0 heterocycles. The first-order chi connectivity index (χ1) is 6.96. The average Bonchev–Trinajstić information content (AvgIpc) is 2.60. The first-order valence-electron chi connectivity index (χ1n) is 5.24. The summed E-state index contributed by atoms with van der Waals surface area (Å²) in [6.45, 7) is 0. The minimum atomic E-state index is -3.30. The molecule has 2 saturated carbocycles. The van der Waals surface area contributed by atoms with Gasteiger partial charge in [-0.15, -0.1) is 0 Å². The highest BCUT2D eigenvalue weighted by Crippen LogP contribution is 2.44. The molecule has 2 aliphatic rings. The number of nitrogens with one attached hydrogen (secondary N) is 1. The van der Waals surface area contributed by atoms with Crippen molar-refractivity contribution >= 4 is 27.2 Å². The quantitative estimate of drug-likeness (QED) is 0.706. The Bertz CT molecular complexity index is 366. The number of hydrogen-bond acceptors (Lipinski definition) is 3. The fraction of sp³-hybridized carbons (Fsp3) is 0.889. The van der Waals surface area contributed by atoms with Gasteiger partial charge in [0, 0.05) is 6.04 Å². The molecular weight excluding hydrogens is 232 g/mol. The SMILES string of the molecule is NC(=S)CS(=O)(=O)NC1CC2CCC1C2. The Morgan fingerprint density at radius 1 is 1.40 bits per heavy atom. The molecule has 0 amide bonds. The molecule has 86 valence electrons. The summed E-state index contributed by atoms with van der Waals surface area (Å²) in [5.74, 6) is 1.04. The molecule has 0 aromatic carbocycles. The van der Waals surface area contributed by atoms with Gasteiger partial charge in [-0.2, -0.15) is 0 Å². The van der Waals surface area contributed by atoms with E-state index >= 15 is 0 Å². The van der Waals surface area contributed by atoms with Crippen molar-refractivity contribution in [2.75, 3.05) is 5.75 Å². The van der Waals surface area contributed by atoms with E-state index in [-0.39, 0.29) is 16.8 Å². The number of nitrogens with two attached hydrogens (primary N) is 1. The van der Waals surface area contributed by atoms with E-state index in [1.165, 1.54) is 12.8 Å². The van der Waals surface area contributed by atoms with Crippen molar-refractivity contribution in [3.63, 3.8) is 0 Å². The van der Waals surface area contributed by atoms with E-state index in [9.17, 15) is 8.42 Å². The number of hydrogen-bond donors (Lipinski definition) is 2. The summed E-state index contributed by atoms with van der Waals surface area (Å²) in [5, 5.41) is 0. The third-order valence-corrected chi connectivity index (χ3v) is 5.08. The van der Waals surface area contributed by atoms with E-state index in [2.05, 4.69) is 16.9 Å². The number of rotatable bonds is 4. The van der Waals surface area contributed by atoms with Crippen LogP contribution in [0.25, 0.3) is 0 Å². The summed E-state index contributed by atoms with van der Waals surface area (Å²) in [6.07, 6.45) is 4.59. The van der Waals surface area contributed by atoms with Crippen LogP contribution in [0.5, 0.6) is 0 Å². The minimum Gasteiger partial charge on any atom is -0.392 e. The molecule has 3 atom stereocenters. The molecular formula is C9H16N2O2S2. The van der Waals surface area contributed by atoms with Crippen LogP contribution in [-0.4, -0.2) is 25.2 Å². The summed E-state index contributed by atoms with van der Waals surface area (Å²) in [4.78, 5) is 0.0330. The highest BCUT2D eigenvalue weighted by molar-refractivity contribution is 7.92. The van der Waals surface area contributed by atoms with Crippen LogP contribution in [0, 0.1) is 11.8 Å². The zero-order valence-electron chi connectivity index (χ0n) is 8.48. The first kappa shape index (κ1) is 11.3. The Kier molecular flexibility index (Phi) is 3.00. The molecule has 2 rings (SSSR count). The zero-order chi connectivity index (χ0) is 11.1. The van der Waals surface area contributed by atoms with Gasteiger partial charge in [0.05, 0.1) is 4.99 Å². The van der Waals surface area contributed by atoms with Crippen LogP contribution < -0.4 is 10.5 Å². The third-order valence-electron chi connectivity index (χ3n) is 3.40. The van der Waals surface area contributed by atoms with Crippen LogP contribution in [0.1, 0.15) is 25.7 Å². The Labute approximate surface area is 95.7 Å². The number of sulfonamides is 1. The fourth-order valence-electron chi connectivity index (χ4n) is 2.85. The van der Waals surface area contributed by atoms with Crippen molar-refractivity contribution < 1.29 is 8.42 Å². The van der Waals surface area contributed by atoms with Gasteiger partial charge in [-0.25, -0.2) is 13.1 Å². The second-order valence-corrected chi connectivity index (χ2v) is 6.90. The number of fused-ring (bicyclic) bond motifs is 2. The Morgan fingerprint density at radius 3 is 2.60 bits per heavy atom. The molecule has 0 saturated heterocycles. The summed E-state index contributed by atoms with van der Waals surface area (Å²) in [7, 11) is -3.30. The van der Waals surface area contributed by atoms with Gasteiger partial charge >= 0.3 is 0 Å². The summed E-state index contributed by atoms with van der Waals surface area (Å²) in [5.41, 5.74) is 5.24. The molecule has 3 unspecified atom stereocenters. The predicted molar refractivity (Wildman–Crippen MR) is 62.9 cm³/mol. The molecule has 2 bridgehead atoms. The van der Waals surface area contributed by atoms with Gasteiger partial charge in [0.2, 0.25) is 10.0 Å². The van der Waals surface area contributed by atoms with Crippen LogP contribution in [0.3, 0.4) is 0 Å². The highest BCUT2D eigenvalue weighted by Gasteiger charge is 2.41. The zero-order valence-corrected chi connectivity index (χ0v) is 10.1. The Morgan fingerprint density at radius 2 is 2.13 bits per heavy atom. The first-order valence-corrected chi connectivity index (χ1v) is 7.30. The molecule has 0 radical (unpaired) electrons. The van der Waals surface area contributed by atoms with Crippen LogP contribution in [0.15, 0.2) is 0 Å². The smallest absolute Gasteiger partial charge is 0.218 e. The molecule has 4 nitrogen and oxygen atoms in total. The van der Waals surface area contributed by atoms with E-state index < -0.39 is 10.0 Å². The lowest BCUT2D eigenvalue weighted by Crippen LogP contribution is -2.41. The highest BCUT2D eigenvalue weighted by atomic mass is 32.2. The van der Waals surface area contributed by atoms with Crippen LogP contribution in [0.2, 0.25) is 0 Å². The largest absolute Gasteiger partial charge is 0.392 e. The second kappa shape index (κ2) is 3.99. The lowest BCUT2D eigenvalue weighted by Gasteiger charge is -2.22. The summed E-state index contributed by atoms with van der Waals surface area (Å²) >= 11 is 4.61. The van der Waals surface area contributed by atoms with Gasteiger partial charge in [0.15, 0.2) is 0 Å². The van der Waals surface area contributed by atoms with Crippen molar-refractivity contribution in [3.05, 3.63) is 0 Å². The molecule has 0 aliphatic heterocycles. The van der Waals surface area contributed by atoms with Crippen molar-refractivity contribution in [1.82, 2.24) is 4.72 Å². The van der Waals surface area contributed by atoms with E-state index in [4.69, 9.17) is 5.73 Å². The maximum absolute atomic E-state index is 11.6. The lowest BCUT2D eigenvalue weighted by molar-refractivity contribution is 0.391. The normalized spacial score (nSPS) is 34.5. The predicted octanol–water partition coefficient (Wildman–Crippen LogP) is 0.380. The van der Waals surface area contributed by atoms with Gasteiger partial charge < -0.3 is 5.73 Å². The van der Waals surface area contributed by atoms with Crippen molar-refractivity contribution in [2.24, 2.45) is 17.6 Å². The van der Waals surface area contributed by atoms with Gasteiger partial charge in [-0.05, 0) is 31.1 Å². The molecule has 6 heteroatoms. The molecule has 0 spiro atoms. The van der Waals surface area contributed by atoms with Crippen LogP contribution >= 0.6 is 12.2 Å². The van der Waals surface area contributed by atoms with Gasteiger partial charge in [0.25, 0.3) is 0 Å². The van der Waals surface area contributed by atoms with E-state index in [1.807, 2.05) is 0 Å². The van der Waals surface area contributed by atoms with E-state index in [0.717, 1.165) is 18.8 Å². The van der Waals surface area contributed by atoms with Gasteiger partial charge in [-0.3, -0.25) is 0 Å². The summed E-state index contributed by atoms with van der Waals surface area (Å²) < 4.78 is 25.9. The van der Waals surface area contributed by atoms with Gasteiger partial charge in [-0.1, -0.05) is 18.6 Å².